The fourth-order valence-electron chi connectivity index (χ4n) is 1.53. The van der Waals surface area contributed by atoms with Gasteiger partial charge in [-0.25, -0.2) is 4.79 Å². The molecule has 0 saturated heterocycles. The number of unbranched alkanes of at least 4 members (excludes halogenated alkanes) is 1. The summed E-state index contributed by atoms with van der Waals surface area (Å²) in [6.45, 7) is 5.45. The Morgan fingerprint density at radius 3 is 2.82 bits per heavy atom. The van der Waals surface area contributed by atoms with Gasteiger partial charge in [-0.15, -0.1) is 0 Å². The molecule has 1 N–H and O–H groups in total. The van der Waals surface area contributed by atoms with E-state index in [0.29, 0.717) is 6.54 Å². The zero-order valence-corrected chi connectivity index (χ0v) is 11.2. The van der Waals surface area contributed by atoms with Crippen LogP contribution in [0, 0.1) is 6.92 Å². The summed E-state index contributed by atoms with van der Waals surface area (Å²) in [7, 11) is 3.70. The van der Waals surface area contributed by atoms with Crippen LogP contribution in [-0.4, -0.2) is 34.3 Å². The first-order valence-corrected chi connectivity index (χ1v) is 6.02. The number of hydrogen-bond acceptors (Lipinski definition) is 2. The van der Waals surface area contributed by atoms with Crippen molar-refractivity contribution in [3.8, 4) is 0 Å². The SMILES string of the molecule is CCCCNC(=O)N(C)Cc1cnn(C)c1C. The predicted octanol–water partition coefficient (Wildman–Crippen LogP) is 1.67. The molecule has 0 aliphatic rings. The number of rotatable bonds is 5. The van der Waals surface area contributed by atoms with Gasteiger partial charge in [-0.05, 0) is 13.3 Å². The Labute approximate surface area is 103 Å². The highest BCUT2D eigenvalue weighted by Gasteiger charge is 2.11. The van der Waals surface area contributed by atoms with Crippen molar-refractivity contribution in [3.05, 3.63) is 17.5 Å². The van der Waals surface area contributed by atoms with Crippen LogP contribution in [0.4, 0.5) is 4.79 Å². The fourth-order valence-corrected chi connectivity index (χ4v) is 1.53. The Bertz CT molecular complexity index is 373. The van der Waals surface area contributed by atoms with Gasteiger partial charge in [0.2, 0.25) is 0 Å². The average molecular weight is 238 g/mol. The molecule has 1 heterocycles. The maximum atomic E-state index is 11.7. The molecule has 1 aromatic heterocycles. The van der Waals surface area contributed by atoms with E-state index in [2.05, 4.69) is 17.3 Å². The van der Waals surface area contributed by atoms with Crippen molar-refractivity contribution in [2.45, 2.75) is 33.2 Å². The third-order valence-electron chi connectivity index (χ3n) is 2.90. The number of nitrogens with one attached hydrogen (secondary N) is 1. The normalized spacial score (nSPS) is 10.4. The molecule has 0 spiro atoms. The lowest BCUT2D eigenvalue weighted by atomic mass is 10.2. The molecule has 96 valence electrons. The molecular formula is C12H22N4O. The van der Waals surface area contributed by atoms with E-state index in [4.69, 9.17) is 0 Å². The Kier molecular flexibility index (Phi) is 5.00. The molecule has 0 unspecified atom stereocenters. The van der Waals surface area contributed by atoms with Crippen molar-refractivity contribution in [2.75, 3.05) is 13.6 Å². The molecule has 0 fully saturated rings. The number of hydrogen-bond donors (Lipinski definition) is 1. The van der Waals surface area contributed by atoms with Gasteiger partial charge in [-0.3, -0.25) is 4.68 Å². The fraction of sp³-hybridized carbons (Fsp3) is 0.667. The molecule has 0 radical (unpaired) electrons. The van der Waals surface area contributed by atoms with Gasteiger partial charge in [0, 0.05) is 31.9 Å². The van der Waals surface area contributed by atoms with E-state index in [1.165, 1.54) is 0 Å². The third-order valence-corrected chi connectivity index (χ3v) is 2.90. The highest BCUT2D eigenvalue weighted by atomic mass is 16.2. The van der Waals surface area contributed by atoms with E-state index in [-0.39, 0.29) is 6.03 Å². The maximum absolute atomic E-state index is 11.7. The summed E-state index contributed by atoms with van der Waals surface area (Å²) in [5, 5.41) is 7.05. The molecule has 5 heteroatoms. The summed E-state index contributed by atoms with van der Waals surface area (Å²) in [4.78, 5) is 13.4. The number of aryl methyl sites for hydroxylation is 1. The van der Waals surface area contributed by atoms with Crippen LogP contribution in [-0.2, 0) is 13.6 Å². The van der Waals surface area contributed by atoms with Crippen LogP contribution in [0.25, 0.3) is 0 Å². The summed E-state index contributed by atoms with van der Waals surface area (Å²) in [5.74, 6) is 0. The van der Waals surface area contributed by atoms with Gasteiger partial charge in [-0.2, -0.15) is 5.10 Å². The van der Waals surface area contributed by atoms with Crippen molar-refractivity contribution in [1.82, 2.24) is 20.0 Å². The van der Waals surface area contributed by atoms with Crippen LogP contribution >= 0.6 is 0 Å². The highest BCUT2D eigenvalue weighted by molar-refractivity contribution is 5.73. The minimum Gasteiger partial charge on any atom is -0.338 e. The lowest BCUT2D eigenvalue weighted by Gasteiger charge is -2.17. The van der Waals surface area contributed by atoms with Crippen LogP contribution in [0.15, 0.2) is 6.20 Å². The minimum absolute atomic E-state index is 0.0262. The molecule has 0 aliphatic heterocycles. The highest BCUT2D eigenvalue weighted by Crippen LogP contribution is 2.08. The molecule has 5 nitrogen and oxygen atoms in total. The van der Waals surface area contributed by atoms with Gasteiger partial charge >= 0.3 is 6.03 Å². The molecule has 0 aromatic carbocycles. The quantitative estimate of drug-likeness (QED) is 0.793. The zero-order valence-electron chi connectivity index (χ0n) is 11.2. The Morgan fingerprint density at radius 1 is 1.59 bits per heavy atom. The van der Waals surface area contributed by atoms with Crippen LogP contribution in [0.5, 0.6) is 0 Å². The van der Waals surface area contributed by atoms with E-state index in [1.807, 2.05) is 24.9 Å². The Morgan fingerprint density at radius 2 is 2.29 bits per heavy atom. The second-order valence-electron chi connectivity index (χ2n) is 4.32. The van der Waals surface area contributed by atoms with E-state index in [0.717, 1.165) is 30.6 Å². The lowest BCUT2D eigenvalue weighted by molar-refractivity contribution is 0.206. The van der Waals surface area contributed by atoms with Gasteiger partial charge in [0.25, 0.3) is 0 Å². The largest absolute Gasteiger partial charge is 0.338 e. The van der Waals surface area contributed by atoms with E-state index in [1.54, 1.807) is 11.9 Å². The summed E-state index contributed by atoms with van der Waals surface area (Å²) in [6.07, 6.45) is 3.92. The van der Waals surface area contributed by atoms with Crippen molar-refractivity contribution in [1.29, 1.82) is 0 Å². The Balaban J connectivity index is 2.45. The number of amides is 2. The molecule has 1 aromatic rings. The first kappa shape index (κ1) is 13.5. The number of nitrogens with zero attached hydrogens (tertiary/aromatic N) is 3. The lowest BCUT2D eigenvalue weighted by Crippen LogP contribution is -2.37. The van der Waals surface area contributed by atoms with Crippen LogP contribution in [0.2, 0.25) is 0 Å². The van der Waals surface area contributed by atoms with Crippen LogP contribution < -0.4 is 5.32 Å². The van der Waals surface area contributed by atoms with E-state index < -0.39 is 0 Å². The minimum atomic E-state index is -0.0262. The molecule has 2 amide bonds. The van der Waals surface area contributed by atoms with E-state index >= 15 is 0 Å². The van der Waals surface area contributed by atoms with Crippen LogP contribution in [0.1, 0.15) is 31.0 Å². The van der Waals surface area contributed by atoms with Gasteiger partial charge < -0.3 is 10.2 Å². The molecule has 0 atom stereocenters. The van der Waals surface area contributed by atoms with E-state index in [9.17, 15) is 4.79 Å². The molecule has 1 rings (SSSR count). The summed E-state index contributed by atoms with van der Waals surface area (Å²) in [6, 6.07) is -0.0262. The molecule has 17 heavy (non-hydrogen) atoms. The first-order valence-electron chi connectivity index (χ1n) is 6.02. The first-order chi connectivity index (χ1) is 8.06. The molecule has 0 saturated carbocycles. The third kappa shape index (κ3) is 3.76. The van der Waals surface area contributed by atoms with Crippen molar-refractivity contribution in [2.24, 2.45) is 7.05 Å². The Hall–Kier alpha value is -1.52. The average Bonchev–Trinajstić information content (AvgIpc) is 2.61. The monoisotopic (exact) mass is 238 g/mol. The van der Waals surface area contributed by atoms with Gasteiger partial charge in [0.1, 0.15) is 0 Å². The number of carbonyl (C=O) groups is 1. The maximum Gasteiger partial charge on any atom is 0.317 e. The van der Waals surface area contributed by atoms with Crippen molar-refractivity contribution < 1.29 is 4.79 Å². The topological polar surface area (TPSA) is 50.2 Å². The van der Waals surface area contributed by atoms with Gasteiger partial charge in [0.15, 0.2) is 0 Å². The predicted molar refractivity (Wildman–Crippen MR) is 67.7 cm³/mol. The van der Waals surface area contributed by atoms with Crippen LogP contribution in [0.3, 0.4) is 0 Å². The second kappa shape index (κ2) is 6.27. The molecule has 0 aliphatic carbocycles. The van der Waals surface area contributed by atoms with Crippen molar-refractivity contribution >= 4 is 6.03 Å². The summed E-state index contributed by atoms with van der Waals surface area (Å²) in [5.41, 5.74) is 2.18. The zero-order chi connectivity index (χ0) is 12.8. The summed E-state index contributed by atoms with van der Waals surface area (Å²) >= 11 is 0. The number of urea groups is 1. The molecule has 0 bridgehead atoms. The van der Waals surface area contributed by atoms with Gasteiger partial charge in [0.05, 0.1) is 12.7 Å². The smallest absolute Gasteiger partial charge is 0.317 e. The number of carbonyl (C=O) groups excluding carboxylic acids is 1. The molecular weight excluding hydrogens is 216 g/mol. The van der Waals surface area contributed by atoms with Crippen molar-refractivity contribution in [3.63, 3.8) is 0 Å². The van der Waals surface area contributed by atoms with Gasteiger partial charge in [-0.1, -0.05) is 13.3 Å². The summed E-state index contributed by atoms with van der Waals surface area (Å²) < 4.78 is 1.82. The second-order valence-corrected chi connectivity index (χ2v) is 4.32. The number of aromatic nitrogens is 2. The standard InChI is InChI=1S/C12H22N4O/c1-5-6-7-13-12(17)15(3)9-11-8-14-16(4)10(11)2/h8H,5-7,9H2,1-4H3,(H,13,17).